The Morgan fingerprint density at radius 3 is 2.45 bits per heavy atom. The number of hydrogen-bond acceptors (Lipinski definition) is 4. The highest BCUT2D eigenvalue weighted by atomic mass is 16.5. The summed E-state index contributed by atoms with van der Waals surface area (Å²) in [5.74, 6) is 0.743. The molecule has 2 heterocycles. The van der Waals surface area contributed by atoms with Crippen LogP contribution in [0.2, 0.25) is 0 Å². The van der Waals surface area contributed by atoms with Crippen molar-refractivity contribution in [2.45, 2.75) is 12.8 Å². The van der Waals surface area contributed by atoms with Gasteiger partial charge in [-0.1, -0.05) is 42.5 Å². The SMILES string of the molecule is COc1ccccc1-c1ccc(C[C@@]2(C(=O)N(C)C)CCN(C(=O)c3ccn(C)n3)C2)cc1. The van der Waals surface area contributed by atoms with Crippen molar-refractivity contribution in [3.63, 3.8) is 0 Å². The monoisotopic (exact) mass is 446 g/mol. The van der Waals surface area contributed by atoms with Crippen molar-refractivity contribution in [3.05, 3.63) is 72.1 Å². The van der Waals surface area contributed by atoms with Crippen molar-refractivity contribution in [2.24, 2.45) is 12.5 Å². The molecule has 172 valence electrons. The quantitative estimate of drug-likeness (QED) is 0.583. The number of nitrogens with zero attached hydrogens (tertiary/aromatic N) is 4. The minimum absolute atomic E-state index is 0.0487. The highest BCUT2D eigenvalue weighted by molar-refractivity contribution is 5.93. The van der Waals surface area contributed by atoms with E-state index in [1.54, 1.807) is 55.0 Å². The van der Waals surface area contributed by atoms with E-state index in [9.17, 15) is 9.59 Å². The number of methoxy groups -OCH3 is 1. The Kier molecular flexibility index (Phi) is 6.22. The molecule has 7 heteroatoms. The number of benzene rings is 2. The van der Waals surface area contributed by atoms with E-state index in [0.29, 0.717) is 31.6 Å². The second-order valence-electron chi connectivity index (χ2n) is 8.91. The molecular weight excluding hydrogens is 416 g/mol. The Morgan fingerprint density at radius 1 is 1.09 bits per heavy atom. The highest BCUT2D eigenvalue weighted by Gasteiger charge is 2.47. The first-order valence-corrected chi connectivity index (χ1v) is 11.1. The third-order valence-electron chi connectivity index (χ3n) is 6.35. The second kappa shape index (κ2) is 9.10. The predicted molar refractivity (Wildman–Crippen MR) is 127 cm³/mol. The van der Waals surface area contributed by atoms with Crippen LogP contribution in [0.1, 0.15) is 22.5 Å². The van der Waals surface area contributed by atoms with Gasteiger partial charge >= 0.3 is 0 Å². The van der Waals surface area contributed by atoms with Gasteiger partial charge in [-0.25, -0.2) is 0 Å². The molecule has 0 spiro atoms. The summed E-state index contributed by atoms with van der Waals surface area (Å²) in [7, 11) is 7.01. The lowest BCUT2D eigenvalue weighted by molar-refractivity contribution is -0.138. The van der Waals surface area contributed by atoms with Crippen LogP contribution < -0.4 is 4.74 Å². The second-order valence-corrected chi connectivity index (χ2v) is 8.91. The molecule has 0 unspecified atom stereocenters. The van der Waals surface area contributed by atoms with Gasteiger partial charge in [-0.3, -0.25) is 14.3 Å². The van der Waals surface area contributed by atoms with E-state index in [1.807, 2.05) is 24.3 Å². The van der Waals surface area contributed by atoms with E-state index < -0.39 is 5.41 Å². The summed E-state index contributed by atoms with van der Waals surface area (Å²) in [5, 5.41) is 4.24. The first kappa shape index (κ1) is 22.6. The van der Waals surface area contributed by atoms with Crippen molar-refractivity contribution >= 4 is 11.8 Å². The number of aryl methyl sites for hydroxylation is 1. The summed E-state index contributed by atoms with van der Waals surface area (Å²) in [6.45, 7) is 0.919. The molecule has 0 bridgehead atoms. The third-order valence-corrected chi connectivity index (χ3v) is 6.35. The maximum Gasteiger partial charge on any atom is 0.274 e. The van der Waals surface area contributed by atoms with Gasteiger partial charge in [0.1, 0.15) is 11.4 Å². The van der Waals surface area contributed by atoms with E-state index >= 15 is 0 Å². The number of ether oxygens (including phenoxy) is 1. The summed E-state index contributed by atoms with van der Waals surface area (Å²) in [6, 6.07) is 17.9. The molecule has 7 nitrogen and oxygen atoms in total. The smallest absolute Gasteiger partial charge is 0.274 e. The van der Waals surface area contributed by atoms with Gasteiger partial charge in [0.05, 0.1) is 12.5 Å². The van der Waals surface area contributed by atoms with E-state index in [1.165, 1.54) is 0 Å². The van der Waals surface area contributed by atoms with Gasteiger partial charge in [0.2, 0.25) is 5.91 Å². The summed E-state index contributed by atoms with van der Waals surface area (Å²) >= 11 is 0. The number of carbonyl (C=O) groups excluding carboxylic acids is 2. The fourth-order valence-corrected chi connectivity index (χ4v) is 4.68. The van der Waals surface area contributed by atoms with Gasteiger partial charge in [-0.05, 0) is 36.1 Å². The van der Waals surface area contributed by atoms with Gasteiger partial charge in [0, 0.05) is 46.0 Å². The molecule has 0 N–H and O–H groups in total. The fraction of sp³-hybridized carbons (Fsp3) is 0.346. The van der Waals surface area contributed by atoms with E-state index in [0.717, 1.165) is 22.4 Å². The number of hydrogen-bond donors (Lipinski definition) is 0. The predicted octanol–water partition coefficient (Wildman–Crippen LogP) is 3.26. The fourth-order valence-electron chi connectivity index (χ4n) is 4.68. The molecule has 1 aliphatic rings. The maximum atomic E-state index is 13.3. The number of amides is 2. The normalized spacial score (nSPS) is 17.8. The molecule has 2 amide bonds. The molecule has 1 atom stereocenters. The zero-order valence-electron chi connectivity index (χ0n) is 19.6. The average Bonchev–Trinajstić information content (AvgIpc) is 3.46. The molecule has 0 saturated carbocycles. The molecule has 0 aliphatic carbocycles. The molecule has 4 rings (SSSR count). The zero-order chi connectivity index (χ0) is 23.6. The molecule has 1 aromatic heterocycles. The Bertz CT molecular complexity index is 1150. The number of rotatable bonds is 6. The van der Waals surface area contributed by atoms with Gasteiger partial charge in [0.15, 0.2) is 0 Å². The molecule has 1 fully saturated rings. The van der Waals surface area contributed by atoms with Crippen molar-refractivity contribution in [1.82, 2.24) is 19.6 Å². The van der Waals surface area contributed by atoms with E-state index in [2.05, 4.69) is 29.4 Å². The van der Waals surface area contributed by atoms with Crippen LogP contribution >= 0.6 is 0 Å². The number of carbonyl (C=O) groups is 2. The van der Waals surface area contributed by atoms with Gasteiger partial charge < -0.3 is 14.5 Å². The van der Waals surface area contributed by atoms with Crippen molar-refractivity contribution < 1.29 is 14.3 Å². The molecule has 0 radical (unpaired) electrons. The zero-order valence-corrected chi connectivity index (χ0v) is 19.6. The Hall–Kier alpha value is -3.61. The highest BCUT2D eigenvalue weighted by Crippen LogP contribution is 2.37. The average molecular weight is 447 g/mol. The van der Waals surface area contributed by atoms with Crippen molar-refractivity contribution in [3.8, 4) is 16.9 Å². The minimum Gasteiger partial charge on any atom is -0.496 e. The first-order chi connectivity index (χ1) is 15.8. The van der Waals surface area contributed by atoms with Crippen LogP contribution in [0.15, 0.2) is 60.8 Å². The molecule has 33 heavy (non-hydrogen) atoms. The third kappa shape index (κ3) is 4.49. The Morgan fingerprint density at radius 2 is 1.82 bits per heavy atom. The maximum absolute atomic E-state index is 13.3. The van der Waals surface area contributed by atoms with Crippen LogP contribution in [0.25, 0.3) is 11.1 Å². The number of aromatic nitrogens is 2. The minimum atomic E-state index is -0.653. The van der Waals surface area contributed by atoms with Crippen LogP contribution in [0.5, 0.6) is 5.75 Å². The van der Waals surface area contributed by atoms with Crippen LogP contribution in [0.4, 0.5) is 0 Å². The first-order valence-electron chi connectivity index (χ1n) is 11.1. The van der Waals surface area contributed by atoms with Gasteiger partial charge in [0.25, 0.3) is 5.91 Å². The molecule has 2 aromatic carbocycles. The van der Waals surface area contributed by atoms with Crippen LogP contribution in [-0.2, 0) is 18.3 Å². The Labute approximate surface area is 194 Å². The van der Waals surface area contributed by atoms with Crippen LogP contribution in [-0.4, -0.2) is 65.7 Å². The molecular formula is C26H30N4O3. The lowest BCUT2D eigenvalue weighted by atomic mass is 9.79. The largest absolute Gasteiger partial charge is 0.496 e. The van der Waals surface area contributed by atoms with E-state index in [4.69, 9.17) is 4.74 Å². The van der Waals surface area contributed by atoms with Crippen molar-refractivity contribution in [1.29, 1.82) is 0 Å². The van der Waals surface area contributed by atoms with E-state index in [-0.39, 0.29) is 11.8 Å². The summed E-state index contributed by atoms with van der Waals surface area (Å²) < 4.78 is 7.11. The standard InChI is InChI=1S/C26H30N4O3/c1-28(2)25(32)26(14-16-30(18-26)24(31)22-13-15-29(3)27-22)17-19-9-11-20(12-10-19)21-7-5-6-8-23(21)33-4/h5-13,15H,14,16-18H2,1-4H3/t26-/m0/s1. The van der Waals surface area contributed by atoms with Crippen LogP contribution in [0, 0.1) is 5.41 Å². The number of para-hydroxylation sites is 1. The van der Waals surface area contributed by atoms with Crippen molar-refractivity contribution in [2.75, 3.05) is 34.3 Å². The lowest BCUT2D eigenvalue weighted by Crippen LogP contribution is -2.44. The molecule has 1 saturated heterocycles. The molecule has 1 aliphatic heterocycles. The van der Waals surface area contributed by atoms with Gasteiger partial charge in [-0.2, -0.15) is 5.10 Å². The molecule has 3 aromatic rings. The topological polar surface area (TPSA) is 67.7 Å². The summed E-state index contributed by atoms with van der Waals surface area (Å²) in [6.07, 6.45) is 2.95. The Balaban J connectivity index is 1.57. The summed E-state index contributed by atoms with van der Waals surface area (Å²) in [4.78, 5) is 29.7. The summed E-state index contributed by atoms with van der Waals surface area (Å²) in [5.41, 5.74) is 2.91. The van der Waals surface area contributed by atoms with Crippen LogP contribution in [0.3, 0.4) is 0 Å². The lowest BCUT2D eigenvalue weighted by Gasteiger charge is -2.31. The van der Waals surface area contributed by atoms with Gasteiger partial charge in [-0.15, -0.1) is 0 Å². The number of likely N-dealkylation sites (tertiary alicyclic amines) is 1.